The van der Waals surface area contributed by atoms with Crippen molar-refractivity contribution < 1.29 is 5.11 Å². The molecule has 2 bridgehead atoms. The Bertz CT molecular complexity index is 131. The number of hydrogen-bond donors (Lipinski definition) is 1. The van der Waals surface area contributed by atoms with E-state index in [1.54, 1.807) is 0 Å². The summed E-state index contributed by atoms with van der Waals surface area (Å²) in [5, 5.41) is 9.52. The molecule has 0 heterocycles. The maximum absolute atomic E-state index is 9.52. The van der Waals surface area contributed by atoms with Crippen LogP contribution in [0.15, 0.2) is 0 Å². The second kappa shape index (κ2) is 2.23. The van der Waals surface area contributed by atoms with Gasteiger partial charge in [-0.3, -0.25) is 0 Å². The predicted octanol–water partition coefficient (Wildman–Crippen LogP) is 1.80. The van der Waals surface area contributed by atoms with Crippen molar-refractivity contribution in [2.75, 3.05) is 0 Å². The van der Waals surface area contributed by atoms with E-state index in [1.807, 2.05) is 0 Å². The van der Waals surface area contributed by atoms with E-state index < -0.39 is 0 Å². The fourth-order valence-electron chi connectivity index (χ4n) is 2.93. The molecule has 2 rings (SSSR count). The second-order valence-corrected chi connectivity index (χ2v) is 3.97. The number of aliphatic hydroxyl groups is 1. The van der Waals surface area contributed by atoms with Crippen LogP contribution in [-0.4, -0.2) is 11.2 Å². The van der Waals surface area contributed by atoms with Gasteiger partial charge in [-0.25, -0.2) is 0 Å². The minimum Gasteiger partial charge on any atom is -0.393 e. The first kappa shape index (κ1) is 6.66. The Morgan fingerprint density at radius 3 is 2.50 bits per heavy atom. The van der Waals surface area contributed by atoms with E-state index in [9.17, 15) is 5.11 Å². The van der Waals surface area contributed by atoms with Gasteiger partial charge in [-0.2, -0.15) is 0 Å². The van der Waals surface area contributed by atoms with Crippen LogP contribution in [0.4, 0.5) is 0 Å². The minimum absolute atomic E-state index is 0.0590. The van der Waals surface area contributed by atoms with E-state index in [0.29, 0.717) is 5.92 Å². The summed E-state index contributed by atoms with van der Waals surface area (Å²) in [4.78, 5) is 0. The fraction of sp³-hybridized carbons (Fsp3) is 1.00. The molecule has 0 aromatic rings. The molecule has 0 aromatic carbocycles. The largest absolute Gasteiger partial charge is 0.393 e. The highest BCUT2D eigenvalue weighted by Crippen LogP contribution is 2.49. The third-order valence-electron chi connectivity index (χ3n) is 3.44. The number of fused-ring (bicyclic) bond motifs is 2. The zero-order valence-electron chi connectivity index (χ0n) is 6.59. The molecule has 0 aromatic heterocycles. The summed E-state index contributed by atoms with van der Waals surface area (Å²) in [5.41, 5.74) is 0. The molecule has 0 radical (unpaired) electrons. The molecular weight excluding hydrogens is 124 g/mol. The molecule has 1 heteroatoms. The first-order chi connectivity index (χ1) is 4.81. The van der Waals surface area contributed by atoms with Crippen LogP contribution in [-0.2, 0) is 0 Å². The molecule has 2 aliphatic rings. The summed E-state index contributed by atoms with van der Waals surface area (Å²) in [7, 11) is 0. The second-order valence-electron chi connectivity index (χ2n) is 3.97. The summed E-state index contributed by atoms with van der Waals surface area (Å²) < 4.78 is 0. The molecule has 2 fully saturated rings. The highest BCUT2D eigenvalue weighted by Gasteiger charge is 2.44. The third-order valence-corrected chi connectivity index (χ3v) is 3.44. The Labute approximate surface area is 62.4 Å². The van der Waals surface area contributed by atoms with Gasteiger partial charge in [-0.05, 0) is 37.0 Å². The average Bonchev–Trinajstić information content (AvgIpc) is 2.44. The normalized spacial score (nSPS) is 52.2. The highest BCUT2D eigenvalue weighted by molar-refractivity contribution is 4.94. The lowest BCUT2D eigenvalue weighted by molar-refractivity contribution is 0.0796. The molecule has 2 saturated carbocycles. The lowest BCUT2D eigenvalue weighted by Gasteiger charge is -2.24. The van der Waals surface area contributed by atoms with Crippen LogP contribution in [0.25, 0.3) is 0 Å². The minimum atomic E-state index is 0.0590. The van der Waals surface area contributed by atoms with Crippen molar-refractivity contribution in [2.24, 2.45) is 17.8 Å². The quantitative estimate of drug-likeness (QED) is 0.589. The first-order valence-electron chi connectivity index (χ1n) is 4.49. The fourth-order valence-corrected chi connectivity index (χ4v) is 2.93. The van der Waals surface area contributed by atoms with Crippen LogP contribution in [0.2, 0.25) is 0 Å². The monoisotopic (exact) mass is 140 g/mol. The molecule has 0 spiro atoms. The van der Waals surface area contributed by atoms with E-state index in [0.717, 1.165) is 18.3 Å². The van der Waals surface area contributed by atoms with Gasteiger partial charge in [0.25, 0.3) is 0 Å². The SMILES string of the molecule is CCC1CC2CC(O)C1C2. The van der Waals surface area contributed by atoms with Crippen LogP contribution in [0, 0.1) is 17.8 Å². The average molecular weight is 140 g/mol. The lowest BCUT2D eigenvalue weighted by atomic mass is 9.85. The summed E-state index contributed by atoms with van der Waals surface area (Å²) >= 11 is 0. The van der Waals surface area contributed by atoms with E-state index >= 15 is 0 Å². The van der Waals surface area contributed by atoms with Gasteiger partial charge in [0.15, 0.2) is 0 Å². The van der Waals surface area contributed by atoms with Crippen LogP contribution >= 0.6 is 0 Å². The summed E-state index contributed by atoms with van der Waals surface area (Å²) in [6.45, 7) is 2.25. The topological polar surface area (TPSA) is 20.2 Å². The van der Waals surface area contributed by atoms with Crippen molar-refractivity contribution >= 4 is 0 Å². The molecule has 0 aliphatic heterocycles. The molecule has 1 N–H and O–H groups in total. The molecular formula is C9H16O. The summed E-state index contributed by atoms with van der Waals surface area (Å²) in [6.07, 6.45) is 5.15. The van der Waals surface area contributed by atoms with Crippen molar-refractivity contribution in [1.29, 1.82) is 0 Å². The van der Waals surface area contributed by atoms with Gasteiger partial charge >= 0.3 is 0 Å². The number of aliphatic hydroxyl groups excluding tert-OH is 1. The Kier molecular flexibility index (Phi) is 1.48. The Morgan fingerprint density at radius 1 is 1.30 bits per heavy atom. The van der Waals surface area contributed by atoms with Gasteiger partial charge in [0.1, 0.15) is 0 Å². The maximum Gasteiger partial charge on any atom is 0.0573 e. The first-order valence-corrected chi connectivity index (χ1v) is 4.49. The van der Waals surface area contributed by atoms with Crippen molar-refractivity contribution in [3.8, 4) is 0 Å². The molecule has 58 valence electrons. The van der Waals surface area contributed by atoms with Crippen molar-refractivity contribution in [2.45, 2.75) is 38.7 Å². The maximum atomic E-state index is 9.52. The van der Waals surface area contributed by atoms with Crippen molar-refractivity contribution in [3.05, 3.63) is 0 Å². The van der Waals surface area contributed by atoms with E-state index in [4.69, 9.17) is 0 Å². The molecule has 4 unspecified atom stereocenters. The Hall–Kier alpha value is -0.0400. The Morgan fingerprint density at radius 2 is 2.10 bits per heavy atom. The number of rotatable bonds is 1. The van der Waals surface area contributed by atoms with Gasteiger partial charge < -0.3 is 5.11 Å². The van der Waals surface area contributed by atoms with Gasteiger partial charge in [0.2, 0.25) is 0 Å². The van der Waals surface area contributed by atoms with Crippen molar-refractivity contribution in [1.82, 2.24) is 0 Å². The van der Waals surface area contributed by atoms with Gasteiger partial charge in [-0.15, -0.1) is 0 Å². The molecule has 2 aliphatic carbocycles. The molecule has 0 amide bonds. The van der Waals surface area contributed by atoms with Crippen LogP contribution in [0.5, 0.6) is 0 Å². The smallest absolute Gasteiger partial charge is 0.0573 e. The summed E-state index contributed by atoms with van der Waals surface area (Å²) in [6, 6.07) is 0. The van der Waals surface area contributed by atoms with Gasteiger partial charge in [-0.1, -0.05) is 13.3 Å². The van der Waals surface area contributed by atoms with Crippen LogP contribution in [0.1, 0.15) is 32.6 Å². The zero-order valence-corrected chi connectivity index (χ0v) is 6.59. The highest BCUT2D eigenvalue weighted by atomic mass is 16.3. The molecule has 10 heavy (non-hydrogen) atoms. The number of hydrogen-bond acceptors (Lipinski definition) is 1. The Balaban J connectivity index is 2.06. The van der Waals surface area contributed by atoms with Gasteiger partial charge in [0.05, 0.1) is 6.10 Å². The van der Waals surface area contributed by atoms with E-state index in [-0.39, 0.29) is 6.10 Å². The van der Waals surface area contributed by atoms with Crippen LogP contribution < -0.4 is 0 Å². The van der Waals surface area contributed by atoms with Gasteiger partial charge in [0, 0.05) is 0 Å². The molecule has 0 saturated heterocycles. The summed E-state index contributed by atoms with van der Waals surface area (Å²) in [5.74, 6) is 2.41. The zero-order chi connectivity index (χ0) is 7.14. The predicted molar refractivity (Wildman–Crippen MR) is 40.6 cm³/mol. The van der Waals surface area contributed by atoms with Crippen LogP contribution in [0.3, 0.4) is 0 Å². The lowest BCUT2D eigenvalue weighted by Crippen LogP contribution is -2.23. The van der Waals surface area contributed by atoms with Crippen molar-refractivity contribution in [3.63, 3.8) is 0 Å². The third kappa shape index (κ3) is 0.800. The van der Waals surface area contributed by atoms with E-state index in [2.05, 4.69) is 6.92 Å². The standard InChI is InChI=1S/C9H16O/c1-2-7-3-6-4-8(7)9(10)5-6/h6-10H,2-5H2,1H3. The molecule has 4 atom stereocenters. The van der Waals surface area contributed by atoms with E-state index in [1.165, 1.54) is 19.3 Å². The molecule has 1 nitrogen and oxygen atoms in total.